The molecule has 0 amide bonds. The topological polar surface area (TPSA) is 6.25 Å². The Hall–Kier alpha value is -2.00. The van der Waals surface area contributed by atoms with Crippen molar-refractivity contribution in [3.05, 3.63) is 65.9 Å². The third-order valence-corrected chi connectivity index (χ3v) is 10.3. The van der Waals surface area contributed by atoms with E-state index in [0.717, 1.165) is 12.5 Å². The van der Waals surface area contributed by atoms with Gasteiger partial charge in [-0.25, -0.2) is 4.58 Å². The number of hydrogen-bond donors (Lipinski definition) is 0. The largest absolute Gasteiger partial charge is 0.344 e. The first-order chi connectivity index (χ1) is 17.3. The predicted octanol–water partition coefficient (Wildman–Crippen LogP) is 8.06. The van der Waals surface area contributed by atoms with Gasteiger partial charge in [-0.3, -0.25) is 0 Å². The third-order valence-electron chi connectivity index (χ3n) is 9.20. The van der Waals surface area contributed by atoms with Crippen LogP contribution < -0.4 is 4.90 Å². The first-order valence-electron chi connectivity index (χ1n) is 14.2. The van der Waals surface area contributed by atoms with E-state index in [1.165, 1.54) is 105 Å². The average Bonchev–Trinajstić information content (AvgIpc) is 3.64. The lowest BCUT2D eigenvalue weighted by molar-refractivity contribution is -0.513. The number of anilines is 1. The highest BCUT2D eigenvalue weighted by Gasteiger charge is 2.48. The molecule has 35 heavy (non-hydrogen) atoms. The minimum absolute atomic E-state index is 0.173. The molecule has 2 saturated carbocycles. The molecule has 0 unspecified atom stereocenters. The van der Waals surface area contributed by atoms with E-state index in [0.29, 0.717) is 0 Å². The standard InChI is InChI=1S/C32H41N2S/c1-2-33-23-24-35-30(33)16-10-15-29-32(20-8-3-9-21-32)31-27-14-7-6-13-26(27)17-18-28(31)34(29)22-19-25-11-4-5-12-25/h6-7,10,13-18,25H,2-5,8-9,11-12,19-24H2,1H3/q+1. The van der Waals surface area contributed by atoms with E-state index < -0.39 is 0 Å². The van der Waals surface area contributed by atoms with E-state index in [1.54, 1.807) is 11.3 Å². The SMILES string of the molecule is CC[N+]1=C(/C=C/C=C2/N(CCC3CCCC3)c3ccc4ccccc4c3C23CCCCC3)SCC1. The maximum atomic E-state index is 2.76. The highest BCUT2D eigenvalue weighted by Crippen LogP contribution is 2.57. The normalized spacial score (nSPS) is 23.6. The summed E-state index contributed by atoms with van der Waals surface area (Å²) in [5.74, 6) is 2.14. The fourth-order valence-electron chi connectivity index (χ4n) is 7.42. The summed E-state index contributed by atoms with van der Waals surface area (Å²) in [6.07, 6.45) is 21.0. The van der Waals surface area contributed by atoms with Crippen molar-refractivity contribution in [1.29, 1.82) is 0 Å². The van der Waals surface area contributed by atoms with Gasteiger partial charge in [-0.05, 0) is 60.6 Å². The maximum absolute atomic E-state index is 2.76. The van der Waals surface area contributed by atoms with Gasteiger partial charge in [0.15, 0.2) is 6.54 Å². The van der Waals surface area contributed by atoms with E-state index >= 15 is 0 Å². The Morgan fingerprint density at radius 2 is 1.86 bits per heavy atom. The zero-order valence-corrected chi connectivity index (χ0v) is 22.3. The second-order valence-corrected chi connectivity index (χ2v) is 12.2. The van der Waals surface area contributed by atoms with Gasteiger partial charge in [-0.15, -0.1) is 0 Å². The lowest BCUT2D eigenvalue weighted by atomic mass is 9.67. The van der Waals surface area contributed by atoms with E-state index in [1.807, 2.05) is 11.8 Å². The fourth-order valence-corrected chi connectivity index (χ4v) is 8.52. The number of hydrogen-bond acceptors (Lipinski definition) is 2. The van der Waals surface area contributed by atoms with Gasteiger partial charge >= 0.3 is 0 Å². The van der Waals surface area contributed by atoms with Crippen molar-refractivity contribution in [3.63, 3.8) is 0 Å². The first-order valence-corrected chi connectivity index (χ1v) is 15.2. The molecule has 6 rings (SSSR count). The minimum Gasteiger partial charge on any atom is -0.344 e. The quantitative estimate of drug-likeness (QED) is 0.382. The van der Waals surface area contributed by atoms with Gasteiger partial charge < -0.3 is 4.90 Å². The number of allylic oxidation sites excluding steroid dienone is 3. The van der Waals surface area contributed by atoms with Gasteiger partial charge in [0.1, 0.15) is 6.54 Å². The summed E-state index contributed by atoms with van der Waals surface area (Å²) in [7, 11) is 0. The van der Waals surface area contributed by atoms with Gasteiger partial charge in [-0.2, -0.15) is 0 Å². The predicted molar refractivity (Wildman–Crippen MR) is 153 cm³/mol. The Morgan fingerprint density at radius 3 is 2.69 bits per heavy atom. The summed E-state index contributed by atoms with van der Waals surface area (Å²) in [5, 5.41) is 4.34. The van der Waals surface area contributed by atoms with Crippen LogP contribution in [0.3, 0.4) is 0 Å². The molecule has 2 aromatic carbocycles. The monoisotopic (exact) mass is 485 g/mol. The first kappa shape index (κ1) is 23.4. The molecule has 2 aliphatic carbocycles. The fraction of sp³-hybridized carbons (Fsp3) is 0.531. The van der Waals surface area contributed by atoms with E-state index in [4.69, 9.17) is 0 Å². The maximum Gasteiger partial charge on any atom is 0.234 e. The number of benzene rings is 2. The van der Waals surface area contributed by atoms with Gasteiger partial charge in [-0.1, -0.05) is 93.1 Å². The molecule has 0 atom stereocenters. The van der Waals surface area contributed by atoms with Crippen molar-refractivity contribution in [2.75, 3.05) is 30.3 Å². The van der Waals surface area contributed by atoms with E-state index in [9.17, 15) is 0 Å². The van der Waals surface area contributed by atoms with Crippen LogP contribution in [-0.2, 0) is 5.41 Å². The Balaban J connectivity index is 1.45. The smallest absolute Gasteiger partial charge is 0.234 e. The molecule has 2 aliphatic heterocycles. The van der Waals surface area contributed by atoms with Crippen LogP contribution in [0.25, 0.3) is 10.8 Å². The lowest BCUT2D eigenvalue weighted by Gasteiger charge is -2.37. The van der Waals surface area contributed by atoms with Crippen molar-refractivity contribution < 1.29 is 4.58 Å². The molecule has 0 aromatic heterocycles. The lowest BCUT2D eigenvalue weighted by Crippen LogP contribution is -2.34. The Morgan fingerprint density at radius 1 is 1.03 bits per heavy atom. The third kappa shape index (κ3) is 4.28. The number of nitrogens with zero attached hydrogens (tertiary/aromatic N) is 2. The second kappa shape index (κ2) is 10.2. The zero-order chi connectivity index (χ0) is 23.7. The van der Waals surface area contributed by atoms with E-state index in [2.05, 4.69) is 71.0 Å². The van der Waals surface area contributed by atoms with E-state index in [-0.39, 0.29) is 5.41 Å². The Kier molecular flexibility index (Phi) is 6.80. The molecule has 0 bridgehead atoms. The molecule has 4 aliphatic rings. The summed E-state index contributed by atoms with van der Waals surface area (Å²) in [5.41, 5.74) is 4.90. The van der Waals surface area contributed by atoms with Crippen LogP contribution in [0.5, 0.6) is 0 Å². The molecule has 2 heterocycles. The summed E-state index contributed by atoms with van der Waals surface area (Å²) < 4.78 is 2.52. The number of fused-ring (bicyclic) bond motifs is 4. The van der Waals surface area contributed by atoms with Crippen LogP contribution in [0.2, 0.25) is 0 Å². The molecule has 2 nitrogen and oxygen atoms in total. The average molecular weight is 486 g/mol. The summed E-state index contributed by atoms with van der Waals surface area (Å²) in [6, 6.07) is 14.0. The molecule has 3 heteroatoms. The zero-order valence-electron chi connectivity index (χ0n) is 21.5. The van der Waals surface area contributed by atoms with Crippen molar-refractivity contribution in [3.8, 4) is 0 Å². The van der Waals surface area contributed by atoms with Crippen LogP contribution in [0.1, 0.15) is 76.7 Å². The van der Waals surface area contributed by atoms with Gasteiger partial charge in [0.05, 0.1) is 5.75 Å². The van der Waals surface area contributed by atoms with Gasteiger partial charge in [0.25, 0.3) is 0 Å². The van der Waals surface area contributed by atoms with Crippen LogP contribution in [0.15, 0.2) is 60.3 Å². The molecule has 2 fully saturated rings. The van der Waals surface area contributed by atoms with Crippen LogP contribution in [-0.4, -0.2) is 35.0 Å². The van der Waals surface area contributed by atoms with Crippen molar-refractivity contribution in [2.45, 2.75) is 76.5 Å². The molecular formula is C32H41N2S+. The number of rotatable bonds is 6. The van der Waals surface area contributed by atoms with Gasteiger partial charge in [0, 0.05) is 29.4 Å². The Labute approximate surface area is 216 Å². The van der Waals surface area contributed by atoms with Crippen molar-refractivity contribution in [1.82, 2.24) is 0 Å². The van der Waals surface area contributed by atoms with Crippen molar-refractivity contribution in [2.24, 2.45) is 5.92 Å². The van der Waals surface area contributed by atoms with Crippen molar-refractivity contribution >= 4 is 33.3 Å². The molecule has 0 N–H and O–H groups in total. The molecule has 1 spiro atoms. The summed E-state index contributed by atoms with van der Waals surface area (Å²) in [4.78, 5) is 2.76. The molecule has 0 radical (unpaired) electrons. The molecule has 2 aromatic rings. The molecule has 184 valence electrons. The molecular weight excluding hydrogens is 444 g/mol. The summed E-state index contributed by atoms with van der Waals surface area (Å²) >= 11 is 2.01. The minimum atomic E-state index is 0.173. The second-order valence-electron chi connectivity index (χ2n) is 11.1. The van der Waals surface area contributed by atoms with Crippen LogP contribution >= 0.6 is 11.8 Å². The number of thioether (sulfide) groups is 1. The van der Waals surface area contributed by atoms with Crippen LogP contribution in [0, 0.1) is 5.92 Å². The highest BCUT2D eigenvalue weighted by molar-refractivity contribution is 8.14. The van der Waals surface area contributed by atoms with Gasteiger partial charge in [0.2, 0.25) is 5.04 Å². The van der Waals surface area contributed by atoms with Crippen LogP contribution in [0.4, 0.5) is 5.69 Å². The highest BCUT2D eigenvalue weighted by atomic mass is 32.2. The summed E-state index contributed by atoms with van der Waals surface area (Å²) in [6.45, 7) is 5.74. The Bertz CT molecular complexity index is 1160. The molecule has 0 saturated heterocycles.